The summed E-state index contributed by atoms with van der Waals surface area (Å²) in [6.45, 7) is 1.20. The fraction of sp³-hybridized carbons (Fsp3) is 0.222. The Morgan fingerprint density at radius 3 is 2.30 bits per heavy atom. The van der Waals surface area contributed by atoms with Gasteiger partial charge in [-0.1, -0.05) is 18.2 Å². The van der Waals surface area contributed by atoms with Crippen molar-refractivity contribution in [3.63, 3.8) is 0 Å². The molecule has 1 fully saturated rings. The lowest BCUT2D eigenvalue weighted by molar-refractivity contribution is -0.255. The standard InChI is InChI=1S/C18H18N2O6S/c21-17(19-15-6-4-13(5-7-15)18(22)23)14-2-1-3-16(12-14)27(24,25)20-8-10-26-11-9-20/h1-7,12H,8-11H2,(H,19,21)(H,22,23)/p-1. The van der Waals surface area contributed by atoms with Crippen LogP contribution in [0, 0.1) is 0 Å². The quantitative estimate of drug-likeness (QED) is 0.788. The van der Waals surface area contributed by atoms with E-state index in [9.17, 15) is 23.1 Å². The summed E-state index contributed by atoms with van der Waals surface area (Å²) in [5.74, 6) is -1.82. The summed E-state index contributed by atoms with van der Waals surface area (Å²) < 4.78 is 31.9. The van der Waals surface area contributed by atoms with E-state index < -0.39 is 21.9 Å². The van der Waals surface area contributed by atoms with Crippen molar-refractivity contribution in [2.24, 2.45) is 0 Å². The molecule has 9 heteroatoms. The SMILES string of the molecule is O=C([O-])c1ccc(NC(=O)c2cccc(S(=O)(=O)N3CCOCC3)c2)cc1. The number of nitrogens with one attached hydrogen (secondary N) is 1. The topological polar surface area (TPSA) is 116 Å². The number of carbonyl (C=O) groups excluding carboxylic acids is 2. The maximum absolute atomic E-state index is 12.7. The minimum absolute atomic E-state index is 0.00778. The summed E-state index contributed by atoms with van der Waals surface area (Å²) in [5.41, 5.74) is 0.548. The molecule has 0 spiro atoms. The molecule has 1 heterocycles. The Labute approximate surface area is 156 Å². The normalized spacial score (nSPS) is 15.3. The van der Waals surface area contributed by atoms with Gasteiger partial charge in [0.15, 0.2) is 0 Å². The van der Waals surface area contributed by atoms with Crippen molar-refractivity contribution in [2.45, 2.75) is 4.90 Å². The number of ether oxygens (including phenoxy) is 1. The molecule has 0 bridgehead atoms. The van der Waals surface area contributed by atoms with E-state index in [-0.39, 0.29) is 29.1 Å². The van der Waals surface area contributed by atoms with Crippen molar-refractivity contribution < 1.29 is 27.9 Å². The Hall–Kier alpha value is -2.75. The number of amides is 1. The largest absolute Gasteiger partial charge is 0.545 e. The van der Waals surface area contributed by atoms with E-state index in [4.69, 9.17) is 4.74 Å². The van der Waals surface area contributed by atoms with Crippen LogP contribution in [0.2, 0.25) is 0 Å². The lowest BCUT2D eigenvalue weighted by atomic mass is 10.2. The van der Waals surface area contributed by atoms with Crippen LogP contribution in [-0.4, -0.2) is 50.9 Å². The van der Waals surface area contributed by atoms with Gasteiger partial charge in [0.2, 0.25) is 10.0 Å². The van der Waals surface area contributed by atoms with Gasteiger partial charge in [-0.3, -0.25) is 4.79 Å². The zero-order chi connectivity index (χ0) is 19.4. The van der Waals surface area contributed by atoms with Crippen LogP contribution in [0.25, 0.3) is 0 Å². The lowest BCUT2D eigenvalue weighted by Crippen LogP contribution is -2.40. The first kappa shape index (κ1) is 19.0. The number of nitrogens with zero attached hydrogens (tertiary/aromatic N) is 1. The summed E-state index contributed by atoms with van der Waals surface area (Å²) in [4.78, 5) is 23.2. The zero-order valence-corrected chi connectivity index (χ0v) is 15.1. The predicted octanol–water partition coefficient (Wildman–Crippen LogP) is 0.323. The van der Waals surface area contributed by atoms with Gasteiger partial charge in [0.25, 0.3) is 5.91 Å². The number of hydrogen-bond acceptors (Lipinski definition) is 6. The van der Waals surface area contributed by atoms with Gasteiger partial charge in [-0.15, -0.1) is 0 Å². The van der Waals surface area contributed by atoms with E-state index in [1.807, 2.05) is 0 Å². The average Bonchev–Trinajstić information content (AvgIpc) is 2.69. The number of morpholine rings is 1. The summed E-state index contributed by atoms with van der Waals surface area (Å²) in [5, 5.41) is 13.4. The molecule has 1 saturated heterocycles. The number of anilines is 1. The van der Waals surface area contributed by atoms with Gasteiger partial charge in [0, 0.05) is 24.3 Å². The van der Waals surface area contributed by atoms with Crippen LogP contribution in [0.3, 0.4) is 0 Å². The fourth-order valence-electron chi connectivity index (χ4n) is 2.63. The van der Waals surface area contributed by atoms with Crippen LogP contribution in [0.5, 0.6) is 0 Å². The number of carbonyl (C=O) groups is 2. The zero-order valence-electron chi connectivity index (χ0n) is 14.3. The Morgan fingerprint density at radius 1 is 1.00 bits per heavy atom. The van der Waals surface area contributed by atoms with E-state index in [2.05, 4.69) is 5.32 Å². The molecule has 8 nitrogen and oxygen atoms in total. The molecule has 142 valence electrons. The van der Waals surface area contributed by atoms with Gasteiger partial charge in [0.05, 0.1) is 24.1 Å². The van der Waals surface area contributed by atoms with Crippen LogP contribution in [0.15, 0.2) is 53.4 Å². The lowest BCUT2D eigenvalue weighted by Gasteiger charge is -2.26. The van der Waals surface area contributed by atoms with Crippen LogP contribution in [0.1, 0.15) is 20.7 Å². The van der Waals surface area contributed by atoms with Gasteiger partial charge in [-0.05, 0) is 35.9 Å². The number of carboxylic acids is 1. The summed E-state index contributed by atoms with van der Waals surface area (Å²) >= 11 is 0. The Morgan fingerprint density at radius 2 is 1.67 bits per heavy atom. The highest BCUT2D eigenvalue weighted by Crippen LogP contribution is 2.19. The third-order valence-corrected chi connectivity index (χ3v) is 5.98. The first-order valence-corrected chi connectivity index (χ1v) is 9.63. The van der Waals surface area contributed by atoms with Crippen LogP contribution in [-0.2, 0) is 14.8 Å². The van der Waals surface area contributed by atoms with Gasteiger partial charge >= 0.3 is 0 Å². The molecule has 0 aliphatic carbocycles. The highest BCUT2D eigenvalue weighted by molar-refractivity contribution is 7.89. The smallest absolute Gasteiger partial charge is 0.255 e. The number of rotatable bonds is 5. The minimum atomic E-state index is -3.70. The minimum Gasteiger partial charge on any atom is -0.545 e. The number of hydrogen-bond donors (Lipinski definition) is 1. The number of aromatic carboxylic acids is 1. The molecule has 1 aliphatic heterocycles. The molecule has 0 atom stereocenters. The molecule has 0 saturated carbocycles. The van der Waals surface area contributed by atoms with E-state index in [1.165, 1.54) is 52.8 Å². The third-order valence-electron chi connectivity index (χ3n) is 4.08. The summed E-state index contributed by atoms with van der Waals surface area (Å²) in [7, 11) is -3.70. The average molecular weight is 389 g/mol. The Balaban J connectivity index is 1.78. The van der Waals surface area contributed by atoms with Crippen molar-refractivity contribution in [3.8, 4) is 0 Å². The van der Waals surface area contributed by atoms with Crippen LogP contribution < -0.4 is 10.4 Å². The van der Waals surface area contributed by atoms with E-state index in [1.54, 1.807) is 0 Å². The molecule has 1 N–H and O–H groups in total. The van der Waals surface area contributed by atoms with Crippen LogP contribution in [0.4, 0.5) is 5.69 Å². The maximum Gasteiger partial charge on any atom is 0.255 e. The highest BCUT2D eigenvalue weighted by atomic mass is 32.2. The molecule has 2 aromatic rings. The van der Waals surface area contributed by atoms with Gasteiger partial charge in [0.1, 0.15) is 0 Å². The molecule has 0 aromatic heterocycles. The molecule has 27 heavy (non-hydrogen) atoms. The molecule has 0 radical (unpaired) electrons. The van der Waals surface area contributed by atoms with Crippen molar-refractivity contribution in [1.82, 2.24) is 4.31 Å². The Kier molecular flexibility index (Phi) is 5.54. The fourth-order valence-corrected chi connectivity index (χ4v) is 4.08. The second kappa shape index (κ2) is 7.87. The highest BCUT2D eigenvalue weighted by Gasteiger charge is 2.26. The first-order valence-electron chi connectivity index (χ1n) is 8.18. The second-order valence-corrected chi connectivity index (χ2v) is 7.80. The number of carboxylic acid groups (broad SMARTS) is 1. The molecule has 2 aromatic carbocycles. The second-order valence-electron chi connectivity index (χ2n) is 5.86. The van der Waals surface area contributed by atoms with Gasteiger partial charge in [-0.2, -0.15) is 4.31 Å². The van der Waals surface area contributed by atoms with Crippen LogP contribution >= 0.6 is 0 Å². The van der Waals surface area contributed by atoms with E-state index in [0.717, 1.165) is 0 Å². The molecular weight excluding hydrogens is 372 g/mol. The molecule has 0 unspecified atom stereocenters. The summed E-state index contributed by atoms with van der Waals surface area (Å²) in [6.07, 6.45) is 0. The van der Waals surface area contributed by atoms with E-state index >= 15 is 0 Å². The number of benzene rings is 2. The molecule has 1 aliphatic rings. The van der Waals surface area contributed by atoms with Crippen molar-refractivity contribution >= 4 is 27.6 Å². The predicted molar refractivity (Wildman–Crippen MR) is 94.7 cm³/mol. The Bertz CT molecular complexity index is 950. The van der Waals surface area contributed by atoms with Crippen molar-refractivity contribution in [1.29, 1.82) is 0 Å². The number of sulfonamides is 1. The van der Waals surface area contributed by atoms with Crippen molar-refractivity contribution in [3.05, 3.63) is 59.7 Å². The molecular formula is C18H17N2O6S-. The first-order chi connectivity index (χ1) is 12.9. The molecule has 3 rings (SSSR count). The van der Waals surface area contributed by atoms with Crippen molar-refractivity contribution in [2.75, 3.05) is 31.6 Å². The maximum atomic E-state index is 12.7. The van der Waals surface area contributed by atoms with Gasteiger partial charge in [-0.25, -0.2) is 8.42 Å². The molecule has 1 amide bonds. The summed E-state index contributed by atoms with van der Waals surface area (Å²) in [6, 6.07) is 11.2. The van der Waals surface area contributed by atoms with E-state index in [0.29, 0.717) is 18.9 Å². The van der Waals surface area contributed by atoms with Gasteiger partial charge < -0.3 is 20.0 Å². The third kappa shape index (κ3) is 4.33. The monoisotopic (exact) mass is 389 g/mol.